The van der Waals surface area contributed by atoms with E-state index >= 15 is 0 Å². The zero-order valence-corrected chi connectivity index (χ0v) is 11.1. The Labute approximate surface area is 117 Å². The molecule has 0 aliphatic heterocycles. The van der Waals surface area contributed by atoms with E-state index in [9.17, 15) is 0 Å². The van der Waals surface area contributed by atoms with Crippen LogP contribution in [0.25, 0.3) is 0 Å². The minimum Gasteiger partial charge on any atom is -0.302 e. The van der Waals surface area contributed by atoms with Gasteiger partial charge in [0.1, 0.15) is 0 Å². The van der Waals surface area contributed by atoms with Crippen LogP contribution in [-0.4, -0.2) is 23.5 Å². The summed E-state index contributed by atoms with van der Waals surface area (Å²) in [6.07, 6.45) is 4.79. The number of aromatic nitrogens is 1. The topological polar surface area (TPSA) is 16.1 Å². The van der Waals surface area contributed by atoms with E-state index in [0.29, 0.717) is 0 Å². The molecule has 2 rings (SSSR count). The van der Waals surface area contributed by atoms with Crippen LogP contribution in [-0.2, 0) is 13.0 Å². The van der Waals surface area contributed by atoms with Crippen LogP contribution < -0.4 is 0 Å². The molecule has 102 valence electrons. The van der Waals surface area contributed by atoms with Gasteiger partial charge >= 0.3 is 0 Å². The van der Waals surface area contributed by atoms with Crippen molar-refractivity contribution in [3.05, 3.63) is 65.5 Å². The number of aryl methyl sites for hydroxylation is 1. The van der Waals surface area contributed by atoms with Gasteiger partial charge in [-0.2, -0.15) is 0 Å². The second-order valence-electron chi connectivity index (χ2n) is 4.83. The minimum absolute atomic E-state index is 0. The van der Waals surface area contributed by atoms with Crippen molar-refractivity contribution in [2.45, 2.75) is 27.3 Å². The fourth-order valence-corrected chi connectivity index (χ4v) is 1.95. The summed E-state index contributed by atoms with van der Waals surface area (Å²) >= 11 is 0. The van der Waals surface area contributed by atoms with Crippen molar-refractivity contribution >= 4 is 0 Å². The molecule has 0 bridgehead atoms. The third-order valence-electron chi connectivity index (χ3n) is 3.10. The van der Waals surface area contributed by atoms with Gasteiger partial charge in [-0.15, -0.1) is 0 Å². The SMILES string of the molecule is C.Cc1ccc(CN(C)CCc2ccncc2)cc1. The average Bonchev–Trinajstić information content (AvgIpc) is 2.40. The molecule has 0 unspecified atom stereocenters. The Morgan fingerprint density at radius 2 is 1.58 bits per heavy atom. The maximum absolute atomic E-state index is 4.03. The van der Waals surface area contributed by atoms with Gasteiger partial charge < -0.3 is 4.90 Å². The molecule has 2 aromatic rings. The van der Waals surface area contributed by atoms with E-state index < -0.39 is 0 Å². The standard InChI is InChI=1S/C16H20N2.CH4/c1-14-3-5-16(6-4-14)13-18(2)12-9-15-7-10-17-11-8-15;/h3-8,10-11H,9,12-13H2,1-2H3;1H4. The Balaban J connectivity index is 0.00000180. The van der Waals surface area contributed by atoms with E-state index in [4.69, 9.17) is 0 Å². The van der Waals surface area contributed by atoms with Gasteiger partial charge in [0.05, 0.1) is 0 Å². The molecule has 0 amide bonds. The van der Waals surface area contributed by atoms with Crippen molar-refractivity contribution in [3.8, 4) is 0 Å². The normalized spacial score (nSPS) is 10.3. The number of hydrogen-bond acceptors (Lipinski definition) is 2. The average molecular weight is 256 g/mol. The van der Waals surface area contributed by atoms with Crippen LogP contribution in [0.4, 0.5) is 0 Å². The van der Waals surface area contributed by atoms with E-state index in [1.165, 1.54) is 16.7 Å². The molecule has 0 fully saturated rings. The Bertz CT molecular complexity index is 462. The quantitative estimate of drug-likeness (QED) is 0.811. The second-order valence-corrected chi connectivity index (χ2v) is 4.83. The molecule has 0 saturated heterocycles. The highest BCUT2D eigenvalue weighted by Gasteiger charge is 2.01. The number of pyridine rings is 1. The van der Waals surface area contributed by atoms with Crippen LogP contribution in [0.5, 0.6) is 0 Å². The summed E-state index contributed by atoms with van der Waals surface area (Å²) in [6.45, 7) is 4.19. The van der Waals surface area contributed by atoms with Gasteiger partial charge in [-0.3, -0.25) is 4.98 Å². The van der Waals surface area contributed by atoms with Crippen molar-refractivity contribution < 1.29 is 0 Å². The van der Waals surface area contributed by atoms with E-state index in [1.54, 1.807) is 0 Å². The van der Waals surface area contributed by atoms with E-state index in [-0.39, 0.29) is 7.43 Å². The van der Waals surface area contributed by atoms with Gasteiger partial charge in [-0.25, -0.2) is 0 Å². The van der Waals surface area contributed by atoms with Crippen LogP contribution in [0.1, 0.15) is 24.1 Å². The first-order valence-corrected chi connectivity index (χ1v) is 6.37. The Kier molecular flexibility index (Phi) is 6.23. The lowest BCUT2D eigenvalue weighted by molar-refractivity contribution is 0.331. The lowest BCUT2D eigenvalue weighted by Crippen LogP contribution is -2.20. The van der Waals surface area contributed by atoms with E-state index in [1.807, 2.05) is 12.4 Å². The maximum atomic E-state index is 4.03. The highest BCUT2D eigenvalue weighted by atomic mass is 15.1. The lowest BCUT2D eigenvalue weighted by Gasteiger charge is -2.16. The van der Waals surface area contributed by atoms with Crippen LogP contribution >= 0.6 is 0 Å². The van der Waals surface area contributed by atoms with Crippen molar-refractivity contribution in [3.63, 3.8) is 0 Å². The van der Waals surface area contributed by atoms with Crippen molar-refractivity contribution in [1.29, 1.82) is 0 Å². The first-order valence-electron chi connectivity index (χ1n) is 6.37. The predicted molar refractivity (Wildman–Crippen MR) is 82.2 cm³/mol. The Morgan fingerprint density at radius 1 is 0.947 bits per heavy atom. The molecule has 2 nitrogen and oxygen atoms in total. The highest BCUT2D eigenvalue weighted by molar-refractivity contribution is 5.21. The number of benzene rings is 1. The Hall–Kier alpha value is -1.67. The number of hydrogen-bond donors (Lipinski definition) is 0. The molecular weight excluding hydrogens is 232 g/mol. The zero-order valence-electron chi connectivity index (χ0n) is 11.1. The summed E-state index contributed by atoms with van der Waals surface area (Å²) in [5.41, 5.74) is 4.04. The van der Waals surface area contributed by atoms with Gasteiger partial charge in [0.2, 0.25) is 0 Å². The second kappa shape index (κ2) is 7.70. The van der Waals surface area contributed by atoms with Crippen molar-refractivity contribution in [2.75, 3.05) is 13.6 Å². The molecule has 1 aromatic heterocycles. The van der Waals surface area contributed by atoms with Crippen LogP contribution in [0.2, 0.25) is 0 Å². The molecule has 0 N–H and O–H groups in total. The van der Waals surface area contributed by atoms with Crippen molar-refractivity contribution in [2.24, 2.45) is 0 Å². The van der Waals surface area contributed by atoms with Gasteiger partial charge in [0.15, 0.2) is 0 Å². The maximum Gasteiger partial charge on any atom is 0.0270 e. The smallest absolute Gasteiger partial charge is 0.0270 e. The minimum atomic E-state index is 0. The molecule has 19 heavy (non-hydrogen) atoms. The van der Waals surface area contributed by atoms with Crippen LogP contribution in [0, 0.1) is 6.92 Å². The van der Waals surface area contributed by atoms with Gasteiger partial charge in [0.25, 0.3) is 0 Å². The predicted octanol–water partition coefficient (Wildman–Crippen LogP) is 3.70. The first-order chi connectivity index (χ1) is 8.74. The summed E-state index contributed by atoms with van der Waals surface area (Å²) < 4.78 is 0. The van der Waals surface area contributed by atoms with Gasteiger partial charge in [-0.1, -0.05) is 37.3 Å². The van der Waals surface area contributed by atoms with E-state index in [0.717, 1.165) is 19.5 Å². The zero-order chi connectivity index (χ0) is 12.8. The van der Waals surface area contributed by atoms with Gasteiger partial charge in [-0.05, 0) is 43.7 Å². The fourth-order valence-electron chi connectivity index (χ4n) is 1.95. The summed E-state index contributed by atoms with van der Waals surface area (Å²) in [5, 5.41) is 0. The van der Waals surface area contributed by atoms with Crippen molar-refractivity contribution in [1.82, 2.24) is 9.88 Å². The molecule has 0 aliphatic carbocycles. The van der Waals surface area contributed by atoms with Crippen LogP contribution in [0.3, 0.4) is 0 Å². The number of likely N-dealkylation sites (N-methyl/N-ethyl adjacent to an activating group) is 1. The van der Waals surface area contributed by atoms with E-state index in [2.05, 4.69) is 60.3 Å². The third-order valence-corrected chi connectivity index (χ3v) is 3.10. The largest absolute Gasteiger partial charge is 0.302 e. The van der Waals surface area contributed by atoms with Gasteiger partial charge in [0, 0.05) is 25.5 Å². The highest BCUT2D eigenvalue weighted by Crippen LogP contribution is 2.07. The monoisotopic (exact) mass is 256 g/mol. The molecule has 0 atom stereocenters. The molecule has 1 heterocycles. The third kappa shape index (κ3) is 5.23. The molecule has 0 radical (unpaired) electrons. The molecule has 0 spiro atoms. The van der Waals surface area contributed by atoms with Crippen LogP contribution in [0.15, 0.2) is 48.8 Å². The number of rotatable bonds is 5. The summed E-state index contributed by atoms with van der Waals surface area (Å²) in [4.78, 5) is 6.39. The summed E-state index contributed by atoms with van der Waals surface area (Å²) in [7, 11) is 2.17. The molecule has 0 aliphatic rings. The molecule has 1 aromatic carbocycles. The Morgan fingerprint density at radius 3 is 2.21 bits per heavy atom. The fraction of sp³-hybridized carbons (Fsp3) is 0.353. The lowest BCUT2D eigenvalue weighted by atomic mass is 10.1. The number of nitrogens with zero attached hydrogens (tertiary/aromatic N) is 2. The summed E-state index contributed by atoms with van der Waals surface area (Å²) in [6, 6.07) is 12.9. The summed E-state index contributed by atoms with van der Waals surface area (Å²) in [5.74, 6) is 0. The molecular formula is C17H24N2. The first kappa shape index (κ1) is 15.4. The molecule has 2 heteroatoms. The molecule has 0 saturated carbocycles.